The van der Waals surface area contributed by atoms with Crippen molar-refractivity contribution in [3.05, 3.63) is 11.1 Å². The first-order valence-corrected chi connectivity index (χ1v) is 15.6. The van der Waals surface area contributed by atoms with E-state index in [1.54, 1.807) is 6.92 Å². The largest absolute Gasteiger partial charge is 0.462 e. The molecule has 3 heterocycles. The number of cyclic esters (lactones) is 1. The Bertz CT molecular complexity index is 1320. The molecular weight excluding hydrogens is 560 g/mol. The van der Waals surface area contributed by atoms with E-state index in [0.717, 1.165) is 5.57 Å². The van der Waals surface area contributed by atoms with Crippen molar-refractivity contribution in [1.29, 1.82) is 0 Å². The number of Topliss-reactive ketones (excluding diaryl/α,β-unsaturated/α-hetero) is 1. The summed E-state index contributed by atoms with van der Waals surface area (Å²) in [5, 5.41) is 22.0. The molecule has 0 aromatic rings. The van der Waals surface area contributed by atoms with Crippen LogP contribution in [0.1, 0.15) is 67.2 Å². The molecule has 4 saturated carbocycles. The average molecular weight is 603 g/mol. The highest BCUT2D eigenvalue weighted by Gasteiger charge is 2.84. The number of aliphatic hydroxyl groups excluding tert-OH is 1. The van der Waals surface area contributed by atoms with Gasteiger partial charge in [0.05, 0.1) is 24.4 Å². The van der Waals surface area contributed by atoms with Crippen LogP contribution in [0.2, 0.25) is 0 Å². The van der Waals surface area contributed by atoms with Crippen molar-refractivity contribution >= 4 is 23.7 Å². The number of carbonyl (C=O) groups is 4. The first-order valence-electron chi connectivity index (χ1n) is 15.6. The molecule has 3 aliphatic heterocycles. The fourth-order valence-electron chi connectivity index (χ4n) is 10.8. The highest BCUT2D eigenvalue weighted by molar-refractivity contribution is 5.91. The van der Waals surface area contributed by atoms with E-state index in [1.165, 1.54) is 13.8 Å². The minimum Gasteiger partial charge on any atom is -0.462 e. The zero-order chi connectivity index (χ0) is 31.0. The maximum atomic E-state index is 14.1. The Balaban J connectivity index is 1.29. The number of esters is 3. The highest BCUT2D eigenvalue weighted by Crippen LogP contribution is 2.74. The Hall–Kier alpha value is -2.34. The number of carbonyl (C=O) groups excluding carboxylic acids is 4. The van der Waals surface area contributed by atoms with Crippen LogP contribution in [0, 0.1) is 40.4 Å². The molecule has 0 unspecified atom stereocenters. The smallest absolute Gasteiger partial charge is 0.336 e. The van der Waals surface area contributed by atoms with Crippen LogP contribution < -0.4 is 0 Å². The van der Waals surface area contributed by atoms with Gasteiger partial charge < -0.3 is 33.9 Å². The Morgan fingerprint density at radius 1 is 1.05 bits per heavy atom. The predicted molar refractivity (Wildman–Crippen MR) is 146 cm³/mol. The molecule has 11 heteroatoms. The zero-order valence-corrected chi connectivity index (χ0v) is 25.5. The topological polar surface area (TPSA) is 161 Å². The summed E-state index contributed by atoms with van der Waals surface area (Å²) in [5.41, 5.74) is -2.08. The Morgan fingerprint density at radius 3 is 2.37 bits per heavy atom. The fraction of sp³-hybridized carbons (Fsp3) is 0.812. The van der Waals surface area contributed by atoms with Gasteiger partial charge in [0.25, 0.3) is 0 Å². The standard InChI is InChI=1S/C32H42O11/c1-12-7-20(42-29(37)16(12)11-33)13(2)24-19(36)8-17-23-18(9-22(30(17,24)5)39-14(3)34)31(6)27(40-15(4)35)25-21(41-25)10-32(31,38)28-26(23)43-28/h13,17-18,20-28,33,38H,7-11H2,1-6H3/t13-,17+,18+,20-,21+,22+,23+,24+,25+,26+,27+,28+,30-,31+,32+/m1/s1. The van der Waals surface area contributed by atoms with Crippen molar-refractivity contribution < 1.29 is 53.1 Å². The third kappa shape index (κ3) is 3.80. The normalized spacial score (nSPS) is 51.6. The summed E-state index contributed by atoms with van der Waals surface area (Å²) in [4.78, 5) is 51.8. The van der Waals surface area contributed by atoms with Crippen LogP contribution in [-0.2, 0) is 42.9 Å². The van der Waals surface area contributed by atoms with Crippen LogP contribution in [0.15, 0.2) is 11.1 Å². The number of ether oxygens (including phenoxy) is 5. The van der Waals surface area contributed by atoms with Crippen LogP contribution in [-0.4, -0.2) is 88.8 Å². The maximum Gasteiger partial charge on any atom is 0.336 e. The number of rotatable bonds is 5. The lowest BCUT2D eigenvalue weighted by atomic mass is 9.41. The number of epoxide rings is 2. The molecule has 43 heavy (non-hydrogen) atoms. The Labute approximate surface area is 250 Å². The molecule has 0 spiro atoms. The third-order valence-corrected chi connectivity index (χ3v) is 12.8. The summed E-state index contributed by atoms with van der Waals surface area (Å²) in [6.07, 6.45) is -1.91. The van der Waals surface area contributed by atoms with Gasteiger partial charge in [0.1, 0.15) is 41.9 Å². The minimum atomic E-state index is -1.31. The van der Waals surface area contributed by atoms with E-state index < -0.39 is 71.3 Å². The molecule has 7 aliphatic rings. The molecule has 0 amide bonds. The molecule has 0 aromatic heterocycles. The van der Waals surface area contributed by atoms with Crippen molar-refractivity contribution in [1.82, 2.24) is 0 Å². The van der Waals surface area contributed by atoms with Gasteiger partial charge in [0, 0.05) is 55.8 Å². The molecule has 0 bridgehead atoms. The number of aliphatic hydroxyl groups is 2. The number of fused-ring (bicyclic) bond motifs is 9. The van der Waals surface area contributed by atoms with Gasteiger partial charge in [-0.2, -0.15) is 0 Å². The summed E-state index contributed by atoms with van der Waals surface area (Å²) < 4.78 is 30.1. The Kier molecular flexibility index (Phi) is 6.38. The van der Waals surface area contributed by atoms with E-state index in [4.69, 9.17) is 23.7 Å². The molecular formula is C32H42O11. The maximum absolute atomic E-state index is 14.1. The minimum absolute atomic E-state index is 0.0254. The van der Waals surface area contributed by atoms with Gasteiger partial charge in [0.15, 0.2) is 0 Å². The lowest BCUT2D eigenvalue weighted by Gasteiger charge is -2.63. The van der Waals surface area contributed by atoms with Crippen LogP contribution in [0.4, 0.5) is 0 Å². The van der Waals surface area contributed by atoms with Gasteiger partial charge in [-0.3, -0.25) is 14.4 Å². The average Bonchev–Trinajstić information content (AvgIpc) is 3.83. The molecule has 0 aromatic carbocycles. The second-order valence-electron chi connectivity index (χ2n) is 14.7. The second-order valence-corrected chi connectivity index (χ2v) is 14.7. The van der Waals surface area contributed by atoms with E-state index in [0.29, 0.717) is 19.3 Å². The van der Waals surface area contributed by atoms with Crippen LogP contribution in [0.3, 0.4) is 0 Å². The van der Waals surface area contributed by atoms with Gasteiger partial charge in [-0.1, -0.05) is 26.3 Å². The molecule has 11 nitrogen and oxygen atoms in total. The summed E-state index contributed by atoms with van der Waals surface area (Å²) in [6, 6.07) is 0. The molecule has 2 saturated heterocycles. The van der Waals surface area contributed by atoms with Gasteiger partial charge in [-0.05, 0) is 31.1 Å². The van der Waals surface area contributed by atoms with Crippen molar-refractivity contribution in [2.24, 2.45) is 40.4 Å². The highest BCUT2D eigenvalue weighted by atomic mass is 16.6. The molecule has 236 valence electrons. The molecule has 15 atom stereocenters. The van der Waals surface area contributed by atoms with Crippen LogP contribution in [0.25, 0.3) is 0 Å². The Morgan fingerprint density at radius 2 is 1.74 bits per heavy atom. The van der Waals surface area contributed by atoms with E-state index in [9.17, 15) is 29.4 Å². The zero-order valence-electron chi connectivity index (χ0n) is 25.5. The van der Waals surface area contributed by atoms with Gasteiger partial charge in [-0.15, -0.1) is 0 Å². The van der Waals surface area contributed by atoms with Crippen molar-refractivity contribution in [2.45, 2.75) is 116 Å². The molecule has 4 aliphatic carbocycles. The van der Waals surface area contributed by atoms with E-state index in [1.807, 2.05) is 20.8 Å². The monoisotopic (exact) mass is 602 g/mol. The fourth-order valence-corrected chi connectivity index (χ4v) is 10.8. The lowest BCUT2D eigenvalue weighted by Crippen LogP contribution is -2.72. The van der Waals surface area contributed by atoms with Crippen molar-refractivity contribution in [2.75, 3.05) is 6.61 Å². The predicted octanol–water partition coefficient (Wildman–Crippen LogP) is 1.65. The number of ketones is 1. The first-order chi connectivity index (χ1) is 20.2. The van der Waals surface area contributed by atoms with Crippen molar-refractivity contribution in [3.8, 4) is 0 Å². The number of hydrogen-bond acceptors (Lipinski definition) is 11. The second kappa shape index (κ2) is 9.34. The first kappa shape index (κ1) is 29.4. The molecule has 6 fully saturated rings. The summed E-state index contributed by atoms with van der Waals surface area (Å²) in [5.74, 6) is -3.11. The summed E-state index contributed by atoms with van der Waals surface area (Å²) in [7, 11) is 0. The van der Waals surface area contributed by atoms with Crippen LogP contribution in [0.5, 0.6) is 0 Å². The van der Waals surface area contributed by atoms with E-state index in [2.05, 4.69) is 0 Å². The van der Waals surface area contributed by atoms with Gasteiger partial charge in [0.2, 0.25) is 0 Å². The molecule has 2 N–H and O–H groups in total. The third-order valence-electron chi connectivity index (χ3n) is 12.8. The van der Waals surface area contributed by atoms with Gasteiger partial charge >= 0.3 is 17.9 Å². The lowest BCUT2D eigenvalue weighted by molar-refractivity contribution is -0.250. The van der Waals surface area contributed by atoms with Crippen molar-refractivity contribution in [3.63, 3.8) is 0 Å². The SMILES string of the molecule is CC(=O)O[C@H]1C[C@H]2[C@@H]([C@@H]3O[C@@H]3[C@@]3(O)C[C@@H]4O[C@@H]4[C@H](OC(C)=O)[C@]23C)[C@@H]2CC(=O)[C@H]([C@H](C)[C@H]3CC(C)=C(CO)C(=O)O3)[C@@]12C. The van der Waals surface area contributed by atoms with Gasteiger partial charge in [-0.25, -0.2) is 4.79 Å². The quantitative estimate of drug-likeness (QED) is 0.267. The summed E-state index contributed by atoms with van der Waals surface area (Å²) in [6.45, 7) is 9.99. The van der Waals surface area contributed by atoms with Crippen LogP contribution >= 0.6 is 0 Å². The van der Waals surface area contributed by atoms with E-state index in [-0.39, 0.29) is 59.8 Å². The number of hydrogen-bond donors (Lipinski definition) is 2. The molecule has 0 radical (unpaired) electrons. The summed E-state index contributed by atoms with van der Waals surface area (Å²) >= 11 is 0. The molecule has 7 rings (SSSR count). The van der Waals surface area contributed by atoms with E-state index >= 15 is 0 Å².